The fourth-order valence-corrected chi connectivity index (χ4v) is 6.34. The maximum atomic E-state index is 15.8. The van der Waals surface area contributed by atoms with Gasteiger partial charge in [-0.25, -0.2) is 8.96 Å². The first-order valence-corrected chi connectivity index (χ1v) is 16.6. The van der Waals surface area contributed by atoms with Crippen LogP contribution in [0.5, 0.6) is 17.2 Å². The van der Waals surface area contributed by atoms with E-state index in [0.717, 1.165) is 24.1 Å². The Morgan fingerprint density at radius 1 is 1.12 bits per heavy atom. The largest absolute Gasteiger partial charge is 0.497 e. The zero-order chi connectivity index (χ0) is 35.2. The number of ether oxygens (including phenoxy) is 4. The van der Waals surface area contributed by atoms with E-state index in [2.05, 4.69) is 17.0 Å². The lowest BCUT2D eigenvalue weighted by molar-refractivity contribution is -0.149. The number of esters is 1. The predicted octanol–water partition coefficient (Wildman–Crippen LogP) is 4.54. The highest BCUT2D eigenvalue weighted by molar-refractivity contribution is 7.52. The van der Waals surface area contributed by atoms with Gasteiger partial charge in [0.05, 0.1) is 26.9 Å². The average molecular weight is 690 g/mol. The summed E-state index contributed by atoms with van der Waals surface area (Å²) in [4.78, 5) is 25.4. The van der Waals surface area contributed by atoms with Gasteiger partial charge < -0.3 is 38.8 Å². The number of aliphatic hydroxyl groups excluding tert-OH is 1. The highest BCUT2D eigenvalue weighted by Gasteiger charge is 2.57. The van der Waals surface area contributed by atoms with Gasteiger partial charge in [-0.05, 0) is 63.1 Å². The van der Waals surface area contributed by atoms with Crippen molar-refractivity contribution >= 4 is 31.8 Å². The van der Waals surface area contributed by atoms with E-state index >= 15 is 4.39 Å². The van der Waals surface area contributed by atoms with Crippen LogP contribution in [0.15, 0.2) is 67.1 Å². The smallest absolute Gasteiger partial charge is 0.459 e. The molecule has 0 aromatic heterocycles. The minimum absolute atomic E-state index is 0.0415. The molecule has 2 heterocycles. The molecule has 15 heteroatoms. The van der Waals surface area contributed by atoms with Crippen molar-refractivity contribution < 1.29 is 51.6 Å². The predicted molar refractivity (Wildman–Crippen MR) is 175 cm³/mol. The molecule has 3 N–H and O–H groups in total. The molecule has 1 amide bonds. The molecule has 1 fully saturated rings. The number of carbonyl (C=O) groups is 2. The van der Waals surface area contributed by atoms with Crippen LogP contribution in [0.2, 0.25) is 0 Å². The monoisotopic (exact) mass is 689 g/mol. The fraction of sp³-hybridized carbons (Fsp3) is 0.394. The van der Waals surface area contributed by atoms with Crippen molar-refractivity contribution in [2.45, 2.75) is 63.9 Å². The summed E-state index contributed by atoms with van der Waals surface area (Å²) in [6, 6.07) is 10.8. The van der Waals surface area contributed by atoms with Gasteiger partial charge in [0.15, 0.2) is 11.9 Å². The lowest BCUT2D eigenvalue weighted by Crippen LogP contribution is -2.51. The Kier molecular flexibility index (Phi) is 11.7. The lowest BCUT2D eigenvalue weighted by atomic mass is 9.98. The van der Waals surface area contributed by atoms with Gasteiger partial charge in [-0.2, -0.15) is 5.09 Å². The molecule has 13 nitrogen and oxygen atoms in total. The topological polar surface area (TPSA) is 154 Å². The van der Waals surface area contributed by atoms with Gasteiger partial charge in [0, 0.05) is 18.3 Å². The number of alkyl halides is 1. The van der Waals surface area contributed by atoms with E-state index in [1.54, 1.807) is 58.4 Å². The van der Waals surface area contributed by atoms with Crippen LogP contribution in [0, 0.1) is 0 Å². The van der Waals surface area contributed by atoms with Gasteiger partial charge >= 0.3 is 13.7 Å². The average Bonchev–Trinajstić information content (AvgIpc) is 3.26. The molecule has 0 aliphatic carbocycles. The number of aliphatic hydroxyl groups is 1. The molecule has 260 valence electrons. The minimum Gasteiger partial charge on any atom is -0.497 e. The van der Waals surface area contributed by atoms with Crippen LogP contribution in [0.25, 0.3) is 12.2 Å². The second kappa shape index (κ2) is 15.3. The Morgan fingerprint density at radius 3 is 2.33 bits per heavy atom. The van der Waals surface area contributed by atoms with Crippen molar-refractivity contribution in [1.82, 2.24) is 15.3 Å². The number of halogens is 1. The molecule has 1 unspecified atom stereocenters. The molecule has 2 aliphatic rings. The van der Waals surface area contributed by atoms with E-state index in [-0.39, 0.29) is 11.6 Å². The number of hydrogen-bond donors (Lipinski definition) is 3. The minimum atomic E-state index is -4.40. The van der Waals surface area contributed by atoms with Crippen molar-refractivity contribution in [2.75, 3.05) is 20.8 Å². The van der Waals surface area contributed by atoms with Crippen molar-refractivity contribution in [3.63, 3.8) is 0 Å². The Bertz CT molecular complexity index is 1570. The summed E-state index contributed by atoms with van der Waals surface area (Å²) >= 11 is 0. The number of nitrogens with one attached hydrogen (secondary N) is 2. The molecule has 2 aliphatic heterocycles. The van der Waals surface area contributed by atoms with Crippen LogP contribution < -0.4 is 24.4 Å². The van der Waals surface area contributed by atoms with Crippen molar-refractivity contribution in [3.05, 3.63) is 78.3 Å². The first-order chi connectivity index (χ1) is 22.6. The first kappa shape index (κ1) is 36.6. The van der Waals surface area contributed by atoms with Crippen molar-refractivity contribution in [1.29, 1.82) is 0 Å². The number of benzene rings is 2. The zero-order valence-electron chi connectivity index (χ0n) is 27.5. The summed E-state index contributed by atoms with van der Waals surface area (Å²) in [5.74, 6) is 0.278. The zero-order valence-corrected chi connectivity index (χ0v) is 28.4. The van der Waals surface area contributed by atoms with E-state index in [4.69, 9.17) is 28.0 Å². The van der Waals surface area contributed by atoms with Crippen LogP contribution in [0.1, 0.15) is 38.8 Å². The van der Waals surface area contributed by atoms with E-state index in [0.29, 0.717) is 11.5 Å². The third-order valence-electron chi connectivity index (χ3n) is 7.35. The molecule has 6 atom stereocenters. The number of methoxy groups -OCH3 is 2. The van der Waals surface area contributed by atoms with E-state index in [1.807, 2.05) is 24.3 Å². The highest BCUT2D eigenvalue weighted by Crippen LogP contribution is 2.47. The summed E-state index contributed by atoms with van der Waals surface area (Å²) in [6.07, 6.45) is 1.23. The Balaban J connectivity index is 1.51. The van der Waals surface area contributed by atoms with Gasteiger partial charge in [-0.1, -0.05) is 30.9 Å². The van der Waals surface area contributed by atoms with Gasteiger partial charge in [0.1, 0.15) is 41.3 Å². The van der Waals surface area contributed by atoms with Gasteiger partial charge in [0.2, 0.25) is 0 Å². The quantitative estimate of drug-likeness (QED) is 0.145. The number of nitrogens with zero attached hydrogens (tertiary/aromatic N) is 1. The lowest BCUT2D eigenvalue weighted by Gasteiger charge is -2.35. The third kappa shape index (κ3) is 9.03. The molecular formula is C33H41FN3O10P. The summed E-state index contributed by atoms with van der Waals surface area (Å²) in [7, 11) is -1.27. The molecule has 4 rings (SSSR count). The SMILES string of the molecule is C=C1NC(=O)C=CN1[C@@H]1O[C@H](COP(=O)(N[C@@H](C)C(=O)OC(C)C)Oc2ccc(/C=C/c3cc(OC)cc(OC)c3)cc2)[C@@H](O)[C@@]1(C)F. The molecule has 0 radical (unpaired) electrons. The number of rotatable bonds is 14. The van der Waals surface area contributed by atoms with Crippen LogP contribution in [0.3, 0.4) is 0 Å². The van der Waals surface area contributed by atoms with E-state index in [1.165, 1.54) is 18.0 Å². The molecule has 0 saturated carbocycles. The highest BCUT2D eigenvalue weighted by atomic mass is 31.2. The Morgan fingerprint density at radius 2 is 1.75 bits per heavy atom. The molecule has 1 saturated heterocycles. The Hall–Kier alpha value is -4.20. The van der Waals surface area contributed by atoms with E-state index < -0.39 is 62.5 Å². The van der Waals surface area contributed by atoms with Crippen LogP contribution in [-0.2, 0) is 28.2 Å². The normalized spacial score (nSPS) is 24.4. The molecule has 0 bridgehead atoms. The Labute approximate surface area is 278 Å². The van der Waals surface area contributed by atoms with Gasteiger partial charge in [-0.15, -0.1) is 0 Å². The summed E-state index contributed by atoms with van der Waals surface area (Å²) in [5, 5.41) is 15.8. The molecule has 2 aromatic carbocycles. The first-order valence-electron chi connectivity index (χ1n) is 15.1. The maximum Gasteiger partial charge on any atom is 0.459 e. The molecule has 0 spiro atoms. The maximum absolute atomic E-state index is 15.8. The standard InChI is InChI=1S/C33H41FN3O10P/c1-20(2)45-31(40)21(3)36-48(41,44-19-28-30(39)33(5,34)32(46-28)37-15-14-29(38)35-22(37)4)47-25-12-10-23(11-13-25)8-9-24-16-26(42-6)18-27(17-24)43-7/h8-18,20-21,28,30,32,39H,4,19H2,1-3,5-7H3,(H,35,38)(H,36,41)/b9-8+/t21-,28+,30+,32+,33+,48?/m0/s1. The van der Waals surface area contributed by atoms with E-state index in [9.17, 15) is 19.3 Å². The van der Waals surface area contributed by atoms with Crippen molar-refractivity contribution in [3.8, 4) is 17.2 Å². The molecular weight excluding hydrogens is 648 g/mol. The van der Waals surface area contributed by atoms with Crippen molar-refractivity contribution in [2.24, 2.45) is 0 Å². The summed E-state index contributed by atoms with van der Waals surface area (Å²) in [6.45, 7) is 8.98. The number of hydrogen-bond acceptors (Lipinski definition) is 11. The van der Waals surface area contributed by atoms with Crippen LogP contribution in [-0.4, -0.2) is 79.0 Å². The van der Waals surface area contributed by atoms with Crippen LogP contribution >= 0.6 is 7.75 Å². The summed E-state index contributed by atoms with van der Waals surface area (Å²) < 4.78 is 63.0. The summed E-state index contributed by atoms with van der Waals surface area (Å²) in [5.41, 5.74) is -0.749. The van der Waals surface area contributed by atoms with Gasteiger partial charge in [-0.3, -0.25) is 14.1 Å². The number of carbonyl (C=O) groups excluding carboxylic acids is 2. The number of amides is 1. The van der Waals surface area contributed by atoms with Crippen LogP contribution in [0.4, 0.5) is 4.39 Å². The molecule has 2 aromatic rings. The molecule has 48 heavy (non-hydrogen) atoms. The second-order valence-corrected chi connectivity index (χ2v) is 13.2. The third-order valence-corrected chi connectivity index (χ3v) is 8.99. The fourth-order valence-electron chi connectivity index (χ4n) is 4.84. The second-order valence-electron chi connectivity index (χ2n) is 11.6. The van der Waals surface area contributed by atoms with Gasteiger partial charge in [0.25, 0.3) is 5.91 Å².